The molecular formula is C13H9BrN6S. The largest absolute Gasteiger partial charge is 0.274 e. The molecule has 0 N–H and O–H groups in total. The van der Waals surface area contributed by atoms with Gasteiger partial charge in [0.15, 0.2) is 3.92 Å². The average Bonchev–Trinajstić information content (AvgIpc) is 3.16. The van der Waals surface area contributed by atoms with Crippen molar-refractivity contribution >= 4 is 33.0 Å². The lowest BCUT2D eigenvalue weighted by Crippen LogP contribution is -2.27. The highest BCUT2D eigenvalue weighted by molar-refractivity contribution is 9.11. The van der Waals surface area contributed by atoms with E-state index in [0.717, 1.165) is 14.5 Å². The van der Waals surface area contributed by atoms with E-state index in [2.05, 4.69) is 37.2 Å². The Morgan fingerprint density at radius 1 is 1.24 bits per heavy atom. The third-order valence-corrected chi connectivity index (χ3v) is 4.27. The number of halogens is 1. The smallest absolute Gasteiger partial charge is 0.159 e. The fourth-order valence-corrected chi connectivity index (χ4v) is 3.18. The molecule has 3 aromatic rings. The van der Waals surface area contributed by atoms with Crippen molar-refractivity contribution in [2.75, 3.05) is 5.01 Å². The SMILES string of the molecule is N#Cc1ccc(N(Cc2cnc(Br)s2)n2cnnc2)cc1. The lowest BCUT2D eigenvalue weighted by molar-refractivity contribution is 0.690. The molecule has 104 valence electrons. The lowest BCUT2D eigenvalue weighted by atomic mass is 10.2. The Balaban J connectivity index is 1.94. The second-order valence-electron chi connectivity index (χ2n) is 4.14. The monoisotopic (exact) mass is 360 g/mol. The van der Waals surface area contributed by atoms with Gasteiger partial charge in [-0.3, -0.25) is 5.01 Å². The highest BCUT2D eigenvalue weighted by atomic mass is 79.9. The van der Waals surface area contributed by atoms with Crippen molar-refractivity contribution in [1.82, 2.24) is 19.9 Å². The van der Waals surface area contributed by atoms with Gasteiger partial charge in [0.25, 0.3) is 0 Å². The van der Waals surface area contributed by atoms with E-state index in [-0.39, 0.29) is 0 Å². The van der Waals surface area contributed by atoms with Gasteiger partial charge in [0.1, 0.15) is 12.7 Å². The lowest BCUT2D eigenvalue weighted by Gasteiger charge is -2.24. The number of anilines is 1. The topological polar surface area (TPSA) is 70.6 Å². The molecular weight excluding hydrogens is 352 g/mol. The second kappa shape index (κ2) is 6.03. The molecule has 6 nitrogen and oxygen atoms in total. The zero-order chi connectivity index (χ0) is 14.7. The van der Waals surface area contributed by atoms with Crippen LogP contribution in [0.3, 0.4) is 0 Å². The van der Waals surface area contributed by atoms with Crippen LogP contribution in [0, 0.1) is 11.3 Å². The number of nitrogens with zero attached hydrogens (tertiary/aromatic N) is 6. The molecule has 0 radical (unpaired) electrons. The minimum Gasteiger partial charge on any atom is -0.274 e. The van der Waals surface area contributed by atoms with Crippen molar-refractivity contribution < 1.29 is 0 Å². The zero-order valence-corrected chi connectivity index (χ0v) is 13.1. The van der Waals surface area contributed by atoms with Gasteiger partial charge >= 0.3 is 0 Å². The van der Waals surface area contributed by atoms with E-state index in [4.69, 9.17) is 5.26 Å². The third kappa shape index (κ3) is 3.09. The molecule has 0 aliphatic carbocycles. The molecule has 0 aliphatic rings. The van der Waals surface area contributed by atoms with Gasteiger partial charge in [0, 0.05) is 11.1 Å². The molecule has 0 fully saturated rings. The van der Waals surface area contributed by atoms with Crippen LogP contribution in [0.5, 0.6) is 0 Å². The van der Waals surface area contributed by atoms with Gasteiger partial charge in [0.05, 0.1) is 23.9 Å². The maximum Gasteiger partial charge on any atom is 0.159 e. The first kappa shape index (κ1) is 13.7. The van der Waals surface area contributed by atoms with Crippen LogP contribution in [0.4, 0.5) is 5.69 Å². The predicted octanol–water partition coefficient (Wildman–Crippen LogP) is 2.84. The molecule has 2 heterocycles. The summed E-state index contributed by atoms with van der Waals surface area (Å²) in [5.41, 5.74) is 1.57. The highest BCUT2D eigenvalue weighted by Crippen LogP contribution is 2.23. The number of hydrogen-bond acceptors (Lipinski definition) is 6. The van der Waals surface area contributed by atoms with E-state index in [1.54, 1.807) is 40.8 Å². The standard InChI is InChI=1S/C13H9BrN6S/c14-13-16-6-12(21-13)7-20(19-8-17-18-9-19)11-3-1-10(5-15)2-4-11/h1-4,6,8-9H,7H2. The fraction of sp³-hybridized carbons (Fsp3) is 0.0769. The van der Waals surface area contributed by atoms with E-state index < -0.39 is 0 Å². The Morgan fingerprint density at radius 2 is 1.95 bits per heavy atom. The van der Waals surface area contributed by atoms with Gasteiger partial charge < -0.3 is 0 Å². The van der Waals surface area contributed by atoms with Crippen LogP contribution in [-0.4, -0.2) is 19.9 Å². The van der Waals surface area contributed by atoms with Crippen molar-refractivity contribution in [3.63, 3.8) is 0 Å². The van der Waals surface area contributed by atoms with Gasteiger partial charge in [-0.1, -0.05) is 0 Å². The molecule has 1 aromatic carbocycles. The third-order valence-electron chi connectivity index (χ3n) is 2.81. The maximum absolute atomic E-state index is 8.89. The summed E-state index contributed by atoms with van der Waals surface area (Å²) in [5.74, 6) is 0. The summed E-state index contributed by atoms with van der Waals surface area (Å²) < 4.78 is 2.65. The Labute approximate surface area is 133 Å². The average molecular weight is 361 g/mol. The van der Waals surface area contributed by atoms with Gasteiger partial charge in [-0.15, -0.1) is 21.5 Å². The van der Waals surface area contributed by atoms with Crippen LogP contribution in [0.1, 0.15) is 10.4 Å². The van der Waals surface area contributed by atoms with Crippen LogP contribution in [-0.2, 0) is 6.54 Å². The van der Waals surface area contributed by atoms with Gasteiger partial charge in [-0.25, -0.2) is 9.66 Å². The van der Waals surface area contributed by atoms with E-state index in [1.165, 1.54) is 0 Å². The molecule has 3 rings (SSSR count). The quantitative estimate of drug-likeness (QED) is 0.715. The first-order chi connectivity index (χ1) is 10.3. The summed E-state index contributed by atoms with van der Waals surface area (Å²) >= 11 is 4.94. The number of aromatic nitrogens is 4. The van der Waals surface area contributed by atoms with Crippen molar-refractivity contribution in [1.29, 1.82) is 5.26 Å². The van der Waals surface area contributed by atoms with Crippen molar-refractivity contribution in [2.24, 2.45) is 0 Å². The fourth-order valence-electron chi connectivity index (χ4n) is 1.84. The molecule has 0 saturated carbocycles. The Hall–Kier alpha value is -2.24. The number of thiazole rings is 1. The van der Waals surface area contributed by atoms with Crippen molar-refractivity contribution in [2.45, 2.75) is 6.54 Å². The normalized spacial score (nSPS) is 10.3. The molecule has 0 amide bonds. The molecule has 0 saturated heterocycles. The number of nitriles is 1. The molecule has 21 heavy (non-hydrogen) atoms. The van der Waals surface area contributed by atoms with Gasteiger partial charge in [-0.05, 0) is 40.2 Å². The molecule has 8 heteroatoms. The molecule has 0 aliphatic heterocycles. The van der Waals surface area contributed by atoms with Crippen LogP contribution >= 0.6 is 27.3 Å². The highest BCUT2D eigenvalue weighted by Gasteiger charge is 2.12. The molecule has 0 bridgehead atoms. The minimum atomic E-state index is 0.628. The van der Waals surface area contributed by atoms with E-state index in [1.807, 2.05) is 23.3 Å². The van der Waals surface area contributed by atoms with Crippen LogP contribution in [0.15, 0.2) is 47.0 Å². The first-order valence-corrected chi connectivity index (χ1v) is 7.60. The summed E-state index contributed by atoms with van der Waals surface area (Å²) in [6, 6.07) is 9.49. The van der Waals surface area contributed by atoms with Gasteiger partial charge in [-0.2, -0.15) is 5.26 Å². The minimum absolute atomic E-state index is 0.628. The van der Waals surface area contributed by atoms with Gasteiger partial charge in [0.2, 0.25) is 0 Å². The summed E-state index contributed by atoms with van der Waals surface area (Å²) in [5, 5.41) is 18.6. The van der Waals surface area contributed by atoms with Crippen LogP contribution < -0.4 is 5.01 Å². The zero-order valence-electron chi connectivity index (χ0n) is 10.7. The number of benzene rings is 1. The van der Waals surface area contributed by atoms with E-state index in [0.29, 0.717) is 12.1 Å². The summed E-state index contributed by atoms with van der Waals surface area (Å²) in [6.07, 6.45) is 5.10. The predicted molar refractivity (Wildman–Crippen MR) is 82.6 cm³/mol. The first-order valence-electron chi connectivity index (χ1n) is 5.99. The number of rotatable bonds is 4. The van der Waals surface area contributed by atoms with Crippen molar-refractivity contribution in [3.8, 4) is 6.07 Å². The summed E-state index contributed by atoms with van der Waals surface area (Å²) in [4.78, 5) is 5.29. The molecule has 0 unspecified atom stereocenters. The Bertz CT molecular complexity index is 759. The summed E-state index contributed by atoms with van der Waals surface area (Å²) in [7, 11) is 0. The van der Waals surface area contributed by atoms with Crippen molar-refractivity contribution in [3.05, 3.63) is 57.5 Å². The van der Waals surface area contributed by atoms with Crippen LogP contribution in [0.2, 0.25) is 0 Å². The molecule has 2 aromatic heterocycles. The molecule has 0 spiro atoms. The van der Waals surface area contributed by atoms with Crippen LogP contribution in [0.25, 0.3) is 0 Å². The molecule has 0 atom stereocenters. The van der Waals surface area contributed by atoms with E-state index in [9.17, 15) is 0 Å². The summed E-state index contributed by atoms with van der Waals surface area (Å²) in [6.45, 7) is 0.632. The maximum atomic E-state index is 8.89. The Morgan fingerprint density at radius 3 is 2.52 bits per heavy atom. The second-order valence-corrected chi connectivity index (χ2v) is 6.53. The van der Waals surface area contributed by atoms with E-state index >= 15 is 0 Å². The Kier molecular flexibility index (Phi) is 3.94. The number of hydrogen-bond donors (Lipinski definition) is 0.